The SMILES string of the molecule is Cc1cc(C)c(C#N)c(NC2CCOc3ccccc32)n1. The molecule has 1 N–H and O–H groups in total. The fraction of sp³-hybridized carbons (Fsp3) is 0.294. The first-order valence-electron chi connectivity index (χ1n) is 7.05. The third-order valence-corrected chi connectivity index (χ3v) is 3.73. The van der Waals surface area contributed by atoms with E-state index in [1.165, 1.54) is 0 Å². The number of hydrogen-bond acceptors (Lipinski definition) is 4. The maximum Gasteiger partial charge on any atom is 0.144 e. The van der Waals surface area contributed by atoms with Gasteiger partial charge in [-0.3, -0.25) is 0 Å². The number of benzene rings is 1. The number of para-hydroxylation sites is 1. The average molecular weight is 279 g/mol. The Morgan fingerprint density at radius 2 is 2.14 bits per heavy atom. The zero-order valence-electron chi connectivity index (χ0n) is 12.2. The molecular weight excluding hydrogens is 262 g/mol. The third kappa shape index (κ3) is 2.55. The normalized spacial score (nSPS) is 16.5. The number of hydrogen-bond donors (Lipinski definition) is 1. The first-order valence-corrected chi connectivity index (χ1v) is 7.05. The molecule has 106 valence electrons. The molecule has 21 heavy (non-hydrogen) atoms. The number of anilines is 1. The quantitative estimate of drug-likeness (QED) is 0.914. The summed E-state index contributed by atoms with van der Waals surface area (Å²) in [5, 5.41) is 12.8. The molecule has 0 bridgehead atoms. The molecule has 1 aromatic carbocycles. The van der Waals surface area contributed by atoms with Crippen LogP contribution in [-0.4, -0.2) is 11.6 Å². The van der Waals surface area contributed by atoms with E-state index in [2.05, 4.69) is 22.4 Å². The van der Waals surface area contributed by atoms with E-state index in [0.29, 0.717) is 18.0 Å². The Bertz CT molecular complexity index is 718. The number of rotatable bonds is 2. The van der Waals surface area contributed by atoms with E-state index in [-0.39, 0.29) is 6.04 Å². The summed E-state index contributed by atoms with van der Waals surface area (Å²) in [6.45, 7) is 4.55. The minimum atomic E-state index is 0.121. The van der Waals surface area contributed by atoms with Crippen molar-refractivity contribution in [2.24, 2.45) is 0 Å². The Labute approximate surface area is 124 Å². The minimum Gasteiger partial charge on any atom is -0.493 e. The summed E-state index contributed by atoms with van der Waals surface area (Å²) < 4.78 is 5.67. The maximum atomic E-state index is 9.36. The van der Waals surface area contributed by atoms with Crippen LogP contribution in [0.1, 0.15) is 34.8 Å². The van der Waals surface area contributed by atoms with Crippen molar-refractivity contribution in [2.45, 2.75) is 26.3 Å². The standard InChI is InChI=1S/C17H17N3O/c1-11-9-12(2)19-17(14(11)10-18)20-15-7-8-21-16-6-4-3-5-13(15)16/h3-6,9,15H,7-8H2,1-2H3,(H,19,20). The molecule has 0 spiro atoms. The lowest BCUT2D eigenvalue weighted by atomic mass is 10.00. The molecule has 0 aliphatic carbocycles. The summed E-state index contributed by atoms with van der Waals surface area (Å²) in [7, 11) is 0. The molecule has 2 heterocycles. The van der Waals surface area contributed by atoms with Gasteiger partial charge < -0.3 is 10.1 Å². The van der Waals surface area contributed by atoms with Gasteiger partial charge in [-0.25, -0.2) is 4.98 Å². The summed E-state index contributed by atoms with van der Waals surface area (Å²) in [6.07, 6.45) is 0.858. The van der Waals surface area contributed by atoms with Crippen LogP contribution in [-0.2, 0) is 0 Å². The number of nitrogens with one attached hydrogen (secondary N) is 1. The molecule has 4 nitrogen and oxygen atoms in total. The molecule has 1 unspecified atom stereocenters. The van der Waals surface area contributed by atoms with Gasteiger partial charge in [0.05, 0.1) is 18.2 Å². The van der Waals surface area contributed by atoms with Crippen LogP contribution >= 0.6 is 0 Å². The average Bonchev–Trinajstić information content (AvgIpc) is 2.47. The number of ether oxygens (including phenoxy) is 1. The van der Waals surface area contributed by atoms with E-state index >= 15 is 0 Å². The van der Waals surface area contributed by atoms with Crippen molar-refractivity contribution in [2.75, 3.05) is 11.9 Å². The molecule has 1 aliphatic heterocycles. The molecule has 1 aliphatic rings. The van der Waals surface area contributed by atoms with Crippen LogP contribution in [0.2, 0.25) is 0 Å². The van der Waals surface area contributed by atoms with E-state index in [1.807, 2.05) is 38.1 Å². The number of aryl methyl sites for hydroxylation is 2. The molecule has 0 saturated carbocycles. The van der Waals surface area contributed by atoms with Gasteiger partial charge in [-0.1, -0.05) is 18.2 Å². The second kappa shape index (κ2) is 5.45. The zero-order chi connectivity index (χ0) is 14.8. The third-order valence-electron chi connectivity index (χ3n) is 3.73. The van der Waals surface area contributed by atoms with Crippen molar-refractivity contribution in [3.63, 3.8) is 0 Å². The number of pyridine rings is 1. The van der Waals surface area contributed by atoms with Gasteiger partial charge in [0.2, 0.25) is 0 Å². The Hall–Kier alpha value is -2.54. The summed E-state index contributed by atoms with van der Waals surface area (Å²) in [5.74, 6) is 1.57. The molecule has 0 amide bonds. The second-order valence-corrected chi connectivity index (χ2v) is 5.29. The highest BCUT2D eigenvalue weighted by Crippen LogP contribution is 2.34. The Morgan fingerprint density at radius 3 is 2.95 bits per heavy atom. The number of aromatic nitrogens is 1. The van der Waals surface area contributed by atoms with Gasteiger partial charge in [0.25, 0.3) is 0 Å². The van der Waals surface area contributed by atoms with E-state index in [1.54, 1.807) is 0 Å². The predicted molar refractivity (Wildman–Crippen MR) is 81.3 cm³/mol. The molecule has 2 aromatic rings. The van der Waals surface area contributed by atoms with Crippen molar-refractivity contribution < 1.29 is 4.74 Å². The van der Waals surface area contributed by atoms with Crippen LogP contribution in [0.3, 0.4) is 0 Å². The van der Waals surface area contributed by atoms with Crippen molar-refractivity contribution in [1.82, 2.24) is 4.98 Å². The molecule has 1 aromatic heterocycles. The van der Waals surface area contributed by atoms with Crippen LogP contribution in [0, 0.1) is 25.2 Å². The summed E-state index contributed by atoms with van der Waals surface area (Å²) >= 11 is 0. The molecular formula is C17H17N3O. The lowest BCUT2D eigenvalue weighted by Gasteiger charge is -2.27. The highest BCUT2D eigenvalue weighted by atomic mass is 16.5. The van der Waals surface area contributed by atoms with Crippen LogP contribution in [0.5, 0.6) is 5.75 Å². The van der Waals surface area contributed by atoms with Gasteiger partial charge in [0, 0.05) is 17.7 Å². The van der Waals surface area contributed by atoms with Crippen LogP contribution in [0.25, 0.3) is 0 Å². The predicted octanol–water partition coefficient (Wildman–Crippen LogP) is 3.51. The van der Waals surface area contributed by atoms with Gasteiger partial charge in [-0.05, 0) is 31.5 Å². The van der Waals surface area contributed by atoms with Gasteiger partial charge in [0.15, 0.2) is 0 Å². The summed E-state index contributed by atoms with van der Waals surface area (Å²) in [4.78, 5) is 4.50. The molecule has 3 rings (SSSR count). The topological polar surface area (TPSA) is 57.9 Å². The molecule has 4 heteroatoms. The minimum absolute atomic E-state index is 0.121. The lowest BCUT2D eigenvalue weighted by Crippen LogP contribution is -2.21. The van der Waals surface area contributed by atoms with Crippen molar-refractivity contribution in [1.29, 1.82) is 5.26 Å². The van der Waals surface area contributed by atoms with Gasteiger partial charge in [-0.15, -0.1) is 0 Å². The summed E-state index contributed by atoms with van der Waals surface area (Å²) in [6, 6.07) is 12.3. The highest BCUT2D eigenvalue weighted by Gasteiger charge is 2.22. The number of fused-ring (bicyclic) bond motifs is 1. The fourth-order valence-corrected chi connectivity index (χ4v) is 2.74. The Balaban J connectivity index is 1.97. The monoisotopic (exact) mass is 279 g/mol. The molecule has 0 radical (unpaired) electrons. The maximum absolute atomic E-state index is 9.36. The van der Waals surface area contributed by atoms with Crippen LogP contribution in [0.4, 0.5) is 5.82 Å². The molecule has 0 saturated heterocycles. The van der Waals surface area contributed by atoms with E-state index in [4.69, 9.17) is 4.74 Å². The van der Waals surface area contributed by atoms with Gasteiger partial charge >= 0.3 is 0 Å². The largest absolute Gasteiger partial charge is 0.493 e. The van der Waals surface area contributed by atoms with E-state index in [9.17, 15) is 5.26 Å². The first-order chi connectivity index (χ1) is 10.2. The Kier molecular flexibility index (Phi) is 3.49. The second-order valence-electron chi connectivity index (χ2n) is 5.29. The smallest absolute Gasteiger partial charge is 0.144 e. The van der Waals surface area contributed by atoms with Crippen LogP contribution in [0.15, 0.2) is 30.3 Å². The van der Waals surface area contributed by atoms with Crippen molar-refractivity contribution in [3.05, 3.63) is 52.7 Å². The highest BCUT2D eigenvalue weighted by molar-refractivity contribution is 5.58. The van der Waals surface area contributed by atoms with E-state index in [0.717, 1.165) is 29.0 Å². The Morgan fingerprint density at radius 1 is 1.33 bits per heavy atom. The first kappa shape index (κ1) is 13.4. The van der Waals surface area contributed by atoms with Gasteiger partial charge in [0.1, 0.15) is 17.6 Å². The summed E-state index contributed by atoms with van der Waals surface area (Å²) in [5.41, 5.74) is 3.60. The number of nitriles is 1. The van der Waals surface area contributed by atoms with E-state index < -0.39 is 0 Å². The molecule has 1 atom stereocenters. The van der Waals surface area contributed by atoms with Crippen molar-refractivity contribution in [3.8, 4) is 11.8 Å². The fourth-order valence-electron chi connectivity index (χ4n) is 2.74. The zero-order valence-corrected chi connectivity index (χ0v) is 12.2. The number of nitrogens with zero attached hydrogens (tertiary/aromatic N) is 2. The van der Waals surface area contributed by atoms with Crippen molar-refractivity contribution >= 4 is 5.82 Å². The van der Waals surface area contributed by atoms with Gasteiger partial charge in [-0.2, -0.15) is 5.26 Å². The molecule has 0 fully saturated rings. The lowest BCUT2D eigenvalue weighted by molar-refractivity contribution is 0.274. The van der Waals surface area contributed by atoms with Crippen LogP contribution < -0.4 is 10.1 Å².